The van der Waals surface area contributed by atoms with E-state index in [1.807, 2.05) is 12.1 Å². The molecule has 0 bridgehead atoms. The van der Waals surface area contributed by atoms with Crippen LogP contribution in [0, 0.1) is 0 Å². The highest BCUT2D eigenvalue weighted by molar-refractivity contribution is 6.15. The van der Waals surface area contributed by atoms with Gasteiger partial charge in [0, 0.05) is 22.1 Å². The minimum absolute atomic E-state index is 0.265. The van der Waals surface area contributed by atoms with E-state index in [4.69, 9.17) is 9.98 Å². The van der Waals surface area contributed by atoms with E-state index in [1.165, 1.54) is 16.5 Å². The van der Waals surface area contributed by atoms with Crippen molar-refractivity contribution in [3.8, 4) is 33.5 Å². The molecule has 9 rings (SSSR count). The van der Waals surface area contributed by atoms with Gasteiger partial charge >= 0.3 is 0 Å². The Balaban J connectivity index is 1.25. The highest BCUT2D eigenvalue weighted by Crippen LogP contribution is 2.40. The first-order valence-corrected chi connectivity index (χ1v) is 17.1. The van der Waals surface area contributed by atoms with E-state index >= 15 is 0 Å². The molecule has 0 amide bonds. The van der Waals surface area contributed by atoms with Gasteiger partial charge in [0.25, 0.3) is 0 Å². The van der Waals surface area contributed by atoms with Gasteiger partial charge in [0.1, 0.15) is 18.2 Å². The molecule has 7 aromatic carbocycles. The van der Waals surface area contributed by atoms with Crippen molar-refractivity contribution in [1.29, 1.82) is 0 Å². The Hall–Kier alpha value is -6.36. The summed E-state index contributed by atoms with van der Waals surface area (Å²) in [5.74, 6) is 0.839. The van der Waals surface area contributed by atoms with Crippen LogP contribution in [-0.4, -0.2) is 10.8 Å². The standard InChI is InChI=1S/C46H34N4/c1-5-15-31(16-6-1)32-25-27-36(28-26-32)45-48-44(35-21-11-4-12-22-35)49-46(50-45)40-29-37-23-13-14-24-38(37)42-39(33-17-7-2-8-18-33)30-41(47-43(40)42)34-19-9-3-10-20-34/h1-30,44,46,49H,(H,48,50). The quantitative estimate of drug-likeness (QED) is 0.178. The van der Waals surface area contributed by atoms with Crippen LogP contribution in [0.25, 0.3) is 55.2 Å². The zero-order chi connectivity index (χ0) is 33.3. The number of pyridine rings is 1. The van der Waals surface area contributed by atoms with Gasteiger partial charge in [0.05, 0.1) is 11.2 Å². The van der Waals surface area contributed by atoms with E-state index in [0.29, 0.717) is 0 Å². The Labute approximate surface area is 291 Å². The second-order valence-corrected chi connectivity index (χ2v) is 12.7. The topological polar surface area (TPSA) is 49.3 Å². The molecule has 1 aliphatic heterocycles. The van der Waals surface area contributed by atoms with Crippen LogP contribution < -0.4 is 10.6 Å². The molecule has 1 aliphatic rings. The number of hydrogen-bond donors (Lipinski definition) is 2. The minimum Gasteiger partial charge on any atom is -0.350 e. The third-order valence-electron chi connectivity index (χ3n) is 9.54. The van der Waals surface area contributed by atoms with E-state index in [-0.39, 0.29) is 12.3 Å². The molecule has 0 aliphatic carbocycles. The second kappa shape index (κ2) is 12.9. The summed E-state index contributed by atoms with van der Waals surface area (Å²) in [5.41, 5.74) is 10.9. The monoisotopic (exact) mass is 642 g/mol. The number of fused-ring (bicyclic) bond motifs is 3. The van der Waals surface area contributed by atoms with Gasteiger partial charge in [0.15, 0.2) is 0 Å². The molecule has 2 heterocycles. The van der Waals surface area contributed by atoms with E-state index in [0.717, 1.165) is 61.2 Å². The van der Waals surface area contributed by atoms with Gasteiger partial charge in [-0.3, -0.25) is 5.32 Å². The number of benzene rings is 7. The van der Waals surface area contributed by atoms with Crippen LogP contribution in [0.5, 0.6) is 0 Å². The van der Waals surface area contributed by atoms with Gasteiger partial charge in [-0.25, -0.2) is 9.98 Å². The molecule has 4 heteroatoms. The molecule has 1 aromatic heterocycles. The van der Waals surface area contributed by atoms with Crippen molar-refractivity contribution in [3.63, 3.8) is 0 Å². The lowest BCUT2D eigenvalue weighted by Crippen LogP contribution is -2.45. The van der Waals surface area contributed by atoms with Gasteiger partial charge in [0.2, 0.25) is 0 Å². The summed E-state index contributed by atoms with van der Waals surface area (Å²) in [5, 5.41) is 11.2. The third kappa shape index (κ3) is 5.62. The molecule has 4 nitrogen and oxygen atoms in total. The van der Waals surface area contributed by atoms with Crippen molar-refractivity contribution in [3.05, 3.63) is 199 Å². The molecule has 0 fully saturated rings. The van der Waals surface area contributed by atoms with Crippen LogP contribution >= 0.6 is 0 Å². The van der Waals surface area contributed by atoms with Crippen LogP contribution in [0.1, 0.15) is 29.0 Å². The van der Waals surface area contributed by atoms with Gasteiger partial charge < -0.3 is 5.32 Å². The fourth-order valence-electron chi connectivity index (χ4n) is 7.06. The van der Waals surface area contributed by atoms with Crippen LogP contribution in [0.2, 0.25) is 0 Å². The van der Waals surface area contributed by atoms with Crippen molar-refractivity contribution < 1.29 is 0 Å². The SMILES string of the molecule is c1ccc(-c2ccc(C3=NC(c4ccccc4)NC(c4cc5ccccc5c5c(-c6ccccc6)cc(-c6ccccc6)nc45)N3)cc2)cc1. The first-order chi connectivity index (χ1) is 24.8. The number of nitrogens with zero attached hydrogens (tertiary/aromatic N) is 2. The summed E-state index contributed by atoms with van der Waals surface area (Å²) in [6, 6.07) is 64.0. The fourth-order valence-corrected chi connectivity index (χ4v) is 7.06. The molecule has 2 N–H and O–H groups in total. The predicted octanol–water partition coefficient (Wildman–Crippen LogP) is 10.7. The predicted molar refractivity (Wildman–Crippen MR) is 207 cm³/mol. The van der Waals surface area contributed by atoms with E-state index < -0.39 is 0 Å². The lowest BCUT2D eigenvalue weighted by molar-refractivity contribution is 0.411. The molecule has 50 heavy (non-hydrogen) atoms. The molecule has 2 unspecified atom stereocenters. The molecule has 0 spiro atoms. The largest absolute Gasteiger partial charge is 0.350 e. The highest BCUT2D eigenvalue weighted by Gasteiger charge is 2.28. The molecular weight excluding hydrogens is 609 g/mol. The lowest BCUT2D eigenvalue weighted by atomic mass is 9.91. The van der Waals surface area contributed by atoms with Gasteiger partial charge in [-0.05, 0) is 50.7 Å². The second-order valence-electron chi connectivity index (χ2n) is 12.7. The number of hydrogen-bond acceptors (Lipinski definition) is 4. The fraction of sp³-hybridized carbons (Fsp3) is 0.0435. The third-order valence-corrected chi connectivity index (χ3v) is 9.54. The van der Waals surface area contributed by atoms with E-state index in [9.17, 15) is 0 Å². The van der Waals surface area contributed by atoms with E-state index in [1.54, 1.807) is 0 Å². The molecule has 2 atom stereocenters. The van der Waals surface area contributed by atoms with E-state index in [2.05, 4.69) is 180 Å². The maximum absolute atomic E-state index is 5.48. The summed E-state index contributed by atoms with van der Waals surface area (Å²) in [6.45, 7) is 0. The van der Waals surface area contributed by atoms with Crippen LogP contribution in [0.15, 0.2) is 187 Å². The highest BCUT2D eigenvalue weighted by atomic mass is 15.3. The lowest BCUT2D eigenvalue weighted by Gasteiger charge is -2.33. The number of amidine groups is 1. The smallest absolute Gasteiger partial charge is 0.131 e. The van der Waals surface area contributed by atoms with Crippen molar-refractivity contribution in [2.45, 2.75) is 12.3 Å². The van der Waals surface area contributed by atoms with Crippen LogP contribution in [0.3, 0.4) is 0 Å². The molecule has 238 valence electrons. The average molecular weight is 643 g/mol. The van der Waals surface area contributed by atoms with Crippen LogP contribution in [-0.2, 0) is 0 Å². The minimum atomic E-state index is -0.282. The van der Waals surface area contributed by atoms with Gasteiger partial charge in [-0.15, -0.1) is 0 Å². The Kier molecular flexibility index (Phi) is 7.69. The van der Waals surface area contributed by atoms with Crippen molar-refractivity contribution in [1.82, 2.24) is 15.6 Å². The summed E-state index contributed by atoms with van der Waals surface area (Å²) >= 11 is 0. The zero-order valence-electron chi connectivity index (χ0n) is 27.4. The summed E-state index contributed by atoms with van der Waals surface area (Å²) < 4.78 is 0. The zero-order valence-corrected chi connectivity index (χ0v) is 27.4. The molecule has 0 saturated carbocycles. The maximum Gasteiger partial charge on any atom is 0.131 e. The first-order valence-electron chi connectivity index (χ1n) is 17.1. The van der Waals surface area contributed by atoms with Crippen molar-refractivity contribution in [2.75, 3.05) is 0 Å². The molecule has 8 aromatic rings. The average Bonchev–Trinajstić information content (AvgIpc) is 3.21. The Morgan fingerprint density at radius 1 is 0.480 bits per heavy atom. The number of rotatable bonds is 6. The Morgan fingerprint density at radius 3 is 1.74 bits per heavy atom. The maximum atomic E-state index is 5.48. The first kappa shape index (κ1) is 29.8. The summed E-state index contributed by atoms with van der Waals surface area (Å²) in [4.78, 5) is 10.7. The van der Waals surface area contributed by atoms with Gasteiger partial charge in [-0.1, -0.05) is 170 Å². The Morgan fingerprint density at radius 2 is 1.04 bits per heavy atom. The summed E-state index contributed by atoms with van der Waals surface area (Å²) in [6.07, 6.45) is -0.547. The van der Waals surface area contributed by atoms with Crippen molar-refractivity contribution >= 4 is 27.5 Å². The molecule has 0 saturated heterocycles. The van der Waals surface area contributed by atoms with Crippen molar-refractivity contribution in [2.24, 2.45) is 4.99 Å². The number of nitrogens with one attached hydrogen (secondary N) is 2. The number of aliphatic imine (C=N–C) groups is 1. The molecular formula is C46H34N4. The van der Waals surface area contributed by atoms with Gasteiger partial charge in [-0.2, -0.15) is 0 Å². The molecule has 0 radical (unpaired) electrons. The number of aromatic nitrogens is 1. The van der Waals surface area contributed by atoms with Crippen LogP contribution in [0.4, 0.5) is 0 Å². The summed E-state index contributed by atoms with van der Waals surface area (Å²) in [7, 11) is 0. The normalized spacial score (nSPS) is 15.8. The Bertz CT molecular complexity index is 2460.